The van der Waals surface area contributed by atoms with Gasteiger partial charge in [0.2, 0.25) is 11.8 Å². The average molecular weight is 427 g/mol. The number of nitrogens with one attached hydrogen (secondary N) is 1. The maximum Gasteiger partial charge on any atom is 0.241 e. The van der Waals surface area contributed by atoms with Gasteiger partial charge in [0.1, 0.15) is 0 Å². The van der Waals surface area contributed by atoms with E-state index in [1.165, 1.54) is 23.2 Å². The van der Waals surface area contributed by atoms with Crippen LogP contribution in [0.5, 0.6) is 0 Å². The van der Waals surface area contributed by atoms with Crippen LogP contribution in [-0.4, -0.2) is 41.3 Å². The molecule has 2 heterocycles. The predicted octanol–water partition coefficient (Wildman–Crippen LogP) is 4.04. The number of hydrogen-bond acceptors (Lipinski definition) is 5. The largest absolute Gasteiger partial charge is 0.325 e. The molecule has 1 atom stereocenters. The summed E-state index contributed by atoms with van der Waals surface area (Å²) in [6.07, 6.45) is 1.73. The molecule has 144 valence electrons. The summed E-state index contributed by atoms with van der Waals surface area (Å²) in [7, 11) is 1.70. The second kappa shape index (κ2) is 8.56. The second-order valence-electron chi connectivity index (χ2n) is 6.48. The maximum atomic E-state index is 12.7. The van der Waals surface area contributed by atoms with Crippen molar-refractivity contribution < 1.29 is 9.59 Å². The monoisotopic (exact) mass is 426 g/mol. The standard InChI is InChI=1S/C18H20Cl2N4O2S/c1-11(25)23(2)18-22-15(10-27-18)9-24-5-3-4-16(24)17(26)21-14-7-12(19)6-13(20)8-14/h6-8,10,16H,3-5,9H2,1-2H3,(H,21,26)/t16-/m0/s1. The molecule has 1 aliphatic rings. The number of anilines is 2. The van der Waals surface area contributed by atoms with Gasteiger partial charge in [-0.05, 0) is 37.6 Å². The van der Waals surface area contributed by atoms with Gasteiger partial charge in [-0.1, -0.05) is 23.2 Å². The molecule has 0 aliphatic carbocycles. The van der Waals surface area contributed by atoms with Crippen molar-refractivity contribution in [1.29, 1.82) is 0 Å². The van der Waals surface area contributed by atoms with Crippen molar-refractivity contribution in [2.75, 3.05) is 23.8 Å². The molecular formula is C18H20Cl2N4O2S. The van der Waals surface area contributed by atoms with Crippen molar-refractivity contribution in [3.05, 3.63) is 39.3 Å². The lowest BCUT2D eigenvalue weighted by atomic mass is 10.2. The number of thiazole rings is 1. The Morgan fingerprint density at radius 3 is 2.70 bits per heavy atom. The van der Waals surface area contributed by atoms with Crippen LogP contribution < -0.4 is 10.2 Å². The van der Waals surface area contributed by atoms with E-state index < -0.39 is 0 Å². The van der Waals surface area contributed by atoms with Gasteiger partial charge in [0.15, 0.2) is 5.13 Å². The van der Waals surface area contributed by atoms with E-state index in [0.717, 1.165) is 25.1 Å². The van der Waals surface area contributed by atoms with E-state index in [2.05, 4.69) is 15.2 Å². The van der Waals surface area contributed by atoms with Crippen LogP contribution in [0.15, 0.2) is 23.6 Å². The number of likely N-dealkylation sites (tertiary alicyclic amines) is 1. The Labute approximate surface area is 172 Å². The van der Waals surface area contributed by atoms with Gasteiger partial charge in [-0.25, -0.2) is 4.98 Å². The molecule has 0 bridgehead atoms. The fraction of sp³-hybridized carbons (Fsp3) is 0.389. The van der Waals surface area contributed by atoms with Gasteiger partial charge in [-0.3, -0.25) is 19.4 Å². The molecule has 3 rings (SSSR count). The topological polar surface area (TPSA) is 65.5 Å². The summed E-state index contributed by atoms with van der Waals surface area (Å²) in [4.78, 5) is 32.3. The Morgan fingerprint density at radius 2 is 2.04 bits per heavy atom. The summed E-state index contributed by atoms with van der Waals surface area (Å²) in [6, 6.07) is 4.74. The van der Waals surface area contributed by atoms with E-state index in [9.17, 15) is 9.59 Å². The fourth-order valence-electron chi connectivity index (χ4n) is 3.03. The zero-order valence-corrected chi connectivity index (χ0v) is 17.4. The summed E-state index contributed by atoms with van der Waals surface area (Å²) >= 11 is 13.4. The lowest BCUT2D eigenvalue weighted by molar-refractivity contribution is -0.120. The maximum absolute atomic E-state index is 12.7. The third kappa shape index (κ3) is 4.99. The van der Waals surface area contributed by atoms with Gasteiger partial charge in [0.25, 0.3) is 0 Å². The van der Waals surface area contributed by atoms with E-state index in [1.807, 2.05) is 5.38 Å². The molecule has 1 N–H and O–H groups in total. The fourth-order valence-corrected chi connectivity index (χ4v) is 4.38. The molecular weight excluding hydrogens is 407 g/mol. The summed E-state index contributed by atoms with van der Waals surface area (Å²) < 4.78 is 0. The van der Waals surface area contributed by atoms with Crippen LogP contribution in [0.25, 0.3) is 0 Å². The smallest absolute Gasteiger partial charge is 0.241 e. The molecule has 27 heavy (non-hydrogen) atoms. The number of benzene rings is 1. The van der Waals surface area contributed by atoms with Crippen molar-refractivity contribution in [2.45, 2.75) is 32.4 Å². The Kier molecular flexibility index (Phi) is 6.37. The van der Waals surface area contributed by atoms with Crippen molar-refractivity contribution in [3.8, 4) is 0 Å². The van der Waals surface area contributed by atoms with E-state index in [-0.39, 0.29) is 17.9 Å². The molecule has 1 aliphatic heterocycles. The number of nitrogens with zero attached hydrogens (tertiary/aromatic N) is 3. The molecule has 0 radical (unpaired) electrons. The van der Waals surface area contributed by atoms with Gasteiger partial charge < -0.3 is 5.32 Å². The van der Waals surface area contributed by atoms with Gasteiger partial charge in [-0.2, -0.15) is 0 Å². The highest BCUT2D eigenvalue weighted by Gasteiger charge is 2.31. The number of aromatic nitrogens is 1. The molecule has 0 saturated carbocycles. The molecule has 2 aromatic rings. The minimum atomic E-state index is -0.238. The number of hydrogen-bond donors (Lipinski definition) is 1. The van der Waals surface area contributed by atoms with Crippen LogP contribution in [0.1, 0.15) is 25.5 Å². The summed E-state index contributed by atoms with van der Waals surface area (Å²) in [5, 5.41) is 6.44. The van der Waals surface area contributed by atoms with E-state index in [1.54, 1.807) is 25.2 Å². The zero-order valence-electron chi connectivity index (χ0n) is 15.0. The third-order valence-electron chi connectivity index (χ3n) is 4.46. The molecule has 6 nitrogen and oxygen atoms in total. The van der Waals surface area contributed by atoms with Crippen LogP contribution in [0.2, 0.25) is 10.0 Å². The molecule has 2 amide bonds. The molecule has 1 saturated heterocycles. The van der Waals surface area contributed by atoms with Crippen LogP contribution in [-0.2, 0) is 16.1 Å². The summed E-state index contributed by atoms with van der Waals surface area (Å²) in [6.45, 7) is 2.89. The average Bonchev–Trinajstić information content (AvgIpc) is 3.23. The van der Waals surface area contributed by atoms with E-state index >= 15 is 0 Å². The van der Waals surface area contributed by atoms with Crippen LogP contribution >= 0.6 is 34.5 Å². The Balaban J connectivity index is 1.66. The zero-order chi connectivity index (χ0) is 19.6. The van der Waals surface area contributed by atoms with E-state index in [4.69, 9.17) is 23.2 Å². The van der Waals surface area contributed by atoms with E-state index in [0.29, 0.717) is 27.4 Å². The first-order chi connectivity index (χ1) is 12.8. The van der Waals surface area contributed by atoms with Gasteiger partial charge in [0, 0.05) is 41.6 Å². The quantitative estimate of drug-likeness (QED) is 0.783. The third-order valence-corrected chi connectivity index (χ3v) is 5.86. The predicted molar refractivity (Wildman–Crippen MR) is 110 cm³/mol. The molecule has 0 spiro atoms. The lowest BCUT2D eigenvalue weighted by Gasteiger charge is -2.23. The first-order valence-electron chi connectivity index (χ1n) is 8.53. The number of carbonyl (C=O) groups excluding carboxylic acids is 2. The molecule has 1 aromatic carbocycles. The molecule has 0 unspecified atom stereocenters. The SMILES string of the molecule is CC(=O)N(C)c1nc(CN2CCC[C@H]2C(=O)Nc2cc(Cl)cc(Cl)c2)cs1. The van der Waals surface area contributed by atoms with Gasteiger partial charge >= 0.3 is 0 Å². The molecule has 9 heteroatoms. The highest BCUT2D eigenvalue weighted by atomic mass is 35.5. The highest BCUT2D eigenvalue weighted by molar-refractivity contribution is 7.14. The van der Waals surface area contributed by atoms with Crippen molar-refractivity contribution in [3.63, 3.8) is 0 Å². The van der Waals surface area contributed by atoms with Crippen LogP contribution in [0, 0.1) is 0 Å². The Bertz CT molecular complexity index is 837. The normalized spacial score (nSPS) is 17.1. The summed E-state index contributed by atoms with van der Waals surface area (Å²) in [5.74, 6) is -0.142. The van der Waals surface area contributed by atoms with Gasteiger partial charge in [0.05, 0.1) is 11.7 Å². The first-order valence-corrected chi connectivity index (χ1v) is 10.2. The summed E-state index contributed by atoms with van der Waals surface area (Å²) in [5.41, 5.74) is 1.44. The van der Waals surface area contributed by atoms with Crippen molar-refractivity contribution >= 4 is 57.2 Å². The highest BCUT2D eigenvalue weighted by Crippen LogP contribution is 2.26. The molecule has 1 fully saturated rings. The second-order valence-corrected chi connectivity index (χ2v) is 8.18. The Hall–Kier alpha value is -1.67. The first kappa shape index (κ1) is 20.1. The number of halogens is 2. The number of rotatable bonds is 5. The number of carbonyl (C=O) groups is 2. The minimum absolute atomic E-state index is 0.0606. The van der Waals surface area contributed by atoms with Crippen LogP contribution in [0.4, 0.5) is 10.8 Å². The lowest BCUT2D eigenvalue weighted by Crippen LogP contribution is -2.39. The van der Waals surface area contributed by atoms with Crippen molar-refractivity contribution in [2.24, 2.45) is 0 Å². The van der Waals surface area contributed by atoms with Crippen LogP contribution in [0.3, 0.4) is 0 Å². The minimum Gasteiger partial charge on any atom is -0.325 e. The van der Waals surface area contributed by atoms with Gasteiger partial charge in [-0.15, -0.1) is 11.3 Å². The molecule has 1 aromatic heterocycles. The Morgan fingerprint density at radius 1 is 1.33 bits per heavy atom. The van der Waals surface area contributed by atoms with Crippen molar-refractivity contribution in [1.82, 2.24) is 9.88 Å². The number of amides is 2.